The number of rotatable bonds is 10. The van der Waals surface area contributed by atoms with Gasteiger partial charge in [0.05, 0.1) is 12.6 Å². The highest BCUT2D eigenvalue weighted by Gasteiger charge is 2.39. The zero-order valence-electron chi connectivity index (χ0n) is 17.9. The van der Waals surface area contributed by atoms with Gasteiger partial charge in [-0.3, -0.25) is 4.79 Å². The Labute approximate surface area is 171 Å². The van der Waals surface area contributed by atoms with Crippen LogP contribution >= 0.6 is 0 Å². The molecule has 0 bridgehead atoms. The summed E-state index contributed by atoms with van der Waals surface area (Å²) >= 11 is 0. The summed E-state index contributed by atoms with van der Waals surface area (Å²) in [5.41, 5.74) is 11.1. The van der Waals surface area contributed by atoms with E-state index in [1.807, 2.05) is 20.8 Å². The Morgan fingerprint density at radius 2 is 1.90 bits per heavy atom. The molecule has 4 N–H and O–H groups in total. The minimum Gasteiger partial charge on any atom is -0.483 e. The molecule has 10 nitrogen and oxygen atoms in total. The van der Waals surface area contributed by atoms with Crippen LogP contribution in [0.2, 0.25) is 0 Å². The highest BCUT2D eigenvalue weighted by Crippen LogP contribution is 2.34. The molecule has 1 unspecified atom stereocenters. The maximum atomic E-state index is 12.5. The molecule has 1 rings (SSSR count). The van der Waals surface area contributed by atoms with E-state index in [9.17, 15) is 9.59 Å². The third-order valence-corrected chi connectivity index (χ3v) is 4.74. The Hall–Kier alpha value is -2.33. The molecule has 0 saturated heterocycles. The van der Waals surface area contributed by atoms with Crippen molar-refractivity contribution in [1.29, 1.82) is 0 Å². The van der Waals surface area contributed by atoms with Gasteiger partial charge in [0, 0.05) is 26.9 Å². The van der Waals surface area contributed by atoms with Crippen molar-refractivity contribution in [1.82, 2.24) is 0 Å². The number of hydrogen-bond acceptors (Lipinski definition) is 8. The second kappa shape index (κ2) is 11.6. The van der Waals surface area contributed by atoms with Crippen LogP contribution in [-0.2, 0) is 33.3 Å². The van der Waals surface area contributed by atoms with Crippen LogP contribution in [0.1, 0.15) is 34.6 Å². The fraction of sp³-hybridized carbons (Fsp3) is 0.737. The molecule has 1 heterocycles. The fourth-order valence-corrected chi connectivity index (χ4v) is 3.08. The Kier molecular flexibility index (Phi) is 9.90. The summed E-state index contributed by atoms with van der Waals surface area (Å²) in [4.78, 5) is 27.8. The van der Waals surface area contributed by atoms with E-state index < -0.39 is 24.3 Å². The Morgan fingerprint density at radius 1 is 1.24 bits per heavy atom. The normalized spacial score (nSPS) is 24.3. The number of nitrogens with zero attached hydrogens (tertiary/aromatic N) is 1. The van der Waals surface area contributed by atoms with Crippen molar-refractivity contribution in [2.24, 2.45) is 34.2 Å². The van der Waals surface area contributed by atoms with Gasteiger partial charge in [-0.1, -0.05) is 20.8 Å². The first-order chi connectivity index (χ1) is 13.6. The number of carbonyl (C=O) groups excluding carboxylic acids is 2. The van der Waals surface area contributed by atoms with E-state index in [0.717, 1.165) is 0 Å². The fourth-order valence-electron chi connectivity index (χ4n) is 3.08. The molecule has 10 heteroatoms. The van der Waals surface area contributed by atoms with Gasteiger partial charge in [-0.25, -0.2) is 9.79 Å². The lowest BCUT2D eigenvalue weighted by Crippen LogP contribution is -2.43. The van der Waals surface area contributed by atoms with Crippen molar-refractivity contribution in [2.75, 3.05) is 20.5 Å². The van der Waals surface area contributed by atoms with Gasteiger partial charge in [0.2, 0.25) is 12.0 Å². The molecule has 0 aromatic rings. The van der Waals surface area contributed by atoms with Crippen molar-refractivity contribution in [3.05, 3.63) is 11.8 Å². The van der Waals surface area contributed by atoms with Gasteiger partial charge in [0.25, 0.3) is 0 Å². The molecule has 29 heavy (non-hydrogen) atoms. The average molecular weight is 415 g/mol. The summed E-state index contributed by atoms with van der Waals surface area (Å²) in [5, 5.41) is 0. The predicted molar refractivity (Wildman–Crippen MR) is 105 cm³/mol. The zero-order valence-corrected chi connectivity index (χ0v) is 17.9. The zero-order chi connectivity index (χ0) is 22.1. The molecule has 0 spiro atoms. The van der Waals surface area contributed by atoms with E-state index in [0.29, 0.717) is 6.61 Å². The van der Waals surface area contributed by atoms with Crippen molar-refractivity contribution >= 4 is 17.9 Å². The molecular weight excluding hydrogens is 382 g/mol. The number of hydrogen-bond donors (Lipinski definition) is 2. The smallest absolute Gasteiger partial charge is 0.376 e. The average Bonchev–Trinajstić information content (AvgIpc) is 2.61. The summed E-state index contributed by atoms with van der Waals surface area (Å²) in [6.07, 6.45) is 0.0890. The molecule has 1 aliphatic rings. The maximum absolute atomic E-state index is 12.5. The molecule has 0 amide bonds. The van der Waals surface area contributed by atoms with Gasteiger partial charge in [0.15, 0.2) is 5.96 Å². The predicted octanol–water partition coefficient (Wildman–Crippen LogP) is 0.892. The standard InChI is InChI=1S/C19H33N3O7/c1-10(8-26-9-25-6)11(2)17-12(3)15(22-19(20)21)7-16(29-17)18(24)28-14(5)27-13(4)23/h7,10-12,14-15,17H,8-9H2,1-6H3,(H4,20,21,22)/t10-,11-,12-,14?,15+,17+/m1/s1. The second-order valence-corrected chi connectivity index (χ2v) is 7.21. The number of nitrogens with two attached hydrogens (primary N) is 2. The highest BCUT2D eigenvalue weighted by molar-refractivity contribution is 5.87. The largest absolute Gasteiger partial charge is 0.483 e. The SMILES string of the molecule is COCOC[C@@H](C)[C@@H](C)[C@@H]1OC(C(=O)OC(C)OC(C)=O)=C[C@H](N=C(N)N)[C@H]1C. The number of esters is 2. The molecule has 0 radical (unpaired) electrons. The van der Waals surface area contributed by atoms with E-state index in [4.69, 9.17) is 35.2 Å². The van der Waals surface area contributed by atoms with Crippen LogP contribution in [0, 0.1) is 17.8 Å². The minimum atomic E-state index is -1.05. The van der Waals surface area contributed by atoms with Crippen LogP contribution in [-0.4, -0.2) is 56.8 Å². The molecule has 0 aromatic heterocycles. The van der Waals surface area contributed by atoms with Crippen LogP contribution in [0.4, 0.5) is 0 Å². The quantitative estimate of drug-likeness (QED) is 0.175. The minimum absolute atomic E-state index is 0.000878. The number of carbonyl (C=O) groups is 2. The van der Waals surface area contributed by atoms with Crippen molar-refractivity contribution in [3.63, 3.8) is 0 Å². The number of methoxy groups -OCH3 is 1. The van der Waals surface area contributed by atoms with Crippen LogP contribution < -0.4 is 11.5 Å². The van der Waals surface area contributed by atoms with Crippen LogP contribution in [0.3, 0.4) is 0 Å². The Balaban J connectivity index is 3.00. The number of guanidine groups is 1. The number of ether oxygens (including phenoxy) is 5. The topological polar surface area (TPSA) is 145 Å². The van der Waals surface area contributed by atoms with E-state index >= 15 is 0 Å². The van der Waals surface area contributed by atoms with E-state index in [1.54, 1.807) is 7.11 Å². The van der Waals surface area contributed by atoms with Crippen LogP contribution in [0.25, 0.3) is 0 Å². The van der Waals surface area contributed by atoms with Gasteiger partial charge < -0.3 is 35.2 Å². The lowest BCUT2D eigenvalue weighted by atomic mass is 9.80. The van der Waals surface area contributed by atoms with Gasteiger partial charge in [-0.15, -0.1) is 0 Å². The van der Waals surface area contributed by atoms with Gasteiger partial charge >= 0.3 is 11.9 Å². The Morgan fingerprint density at radius 3 is 2.45 bits per heavy atom. The lowest BCUT2D eigenvalue weighted by molar-refractivity contribution is -0.184. The summed E-state index contributed by atoms with van der Waals surface area (Å²) in [6, 6.07) is -0.472. The van der Waals surface area contributed by atoms with Crippen molar-refractivity contribution in [2.45, 2.75) is 53.1 Å². The first-order valence-corrected chi connectivity index (χ1v) is 9.48. The van der Waals surface area contributed by atoms with Gasteiger partial charge in [-0.2, -0.15) is 0 Å². The molecule has 0 aromatic carbocycles. The summed E-state index contributed by atoms with van der Waals surface area (Å²) < 4.78 is 26.3. The van der Waals surface area contributed by atoms with E-state index in [-0.39, 0.29) is 42.4 Å². The molecule has 1 aliphatic heterocycles. The van der Waals surface area contributed by atoms with Crippen LogP contribution in [0.15, 0.2) is 16.8 Å². The summed E-state index contributed by atoms with van der Waals surface area (Å²) in [7, 11) is 1.56. The van der Waals surface area contributed by atoms with E-state index in [2.05, 4.69) is 4.99 Å². The molecule has 166 valence electrons. The lowest BCUT2D eigenvalue weighted by Gasteiger charge is -2.38. The highest BCUT2D eigenvalue weighted by atomic mass is 16.7. The first kappa shape index (κ1) is 24.7. The van der Waals surface area contributed by atoms with Gasteiger partial charge in [0.1, 0.15) is 12.9 Å². The molecule has 6 atom stereocenters. The van der Waals surface area contributed by atoms with Crippen molar-refractivity contribution in [3.8, 4) is 0 Å². The number of aliphatic imine (C=N–C) groups is 1. The van der Waals surface area contributed by atoms with Gasteiger partial charge in [-0.05, 0) is 17.9 Å². The third kappa shape index (κ3) is 7.90. The molecule has 0 saturated carbocycles. The summed E-state index contributed by atoms with van der Waals surface area (Å²) in [6.45, 7) is 9.29. The Bertz CT molecular complexity index is 619. The molecule has 0 aliphatic carbocycles. The van der Waals surface area contributed by atoms with Crippen LogP contribution in [0.5, 0.6) is 0 Å². The molecule has 0 fully saturated rings. The van der Waals surface area contributed by atoms with Crippen molar-refractivity contribution < 1.29 is 33.3 Å². The monoisotopic (exact) mass is 415 g/mol. The van der Waals surface area contributed by atoms with E-state index in [1.165, 1.54) is 19.9 Å². The first-order valence-electron chi connectivity index (χ1n) is 9.48. The molecular formula is C19H33N3O7. The second-order valence-electron chi connectivity index (χ2n) is 7.21. The maximum Gasteiger partial charge on any atom is 0.376 e. The summed E-state index contributed by atoms with van der Waals surface area (Å²) in [5.74, 6) is -1.45. The third-order valence-electron chi connectivity index (χ3n) is 4.74.